The number of pyridine rings is 1. The van der Waals surface area contributed by atoms with Gasteiger partial charge in [-0.3, -0.25) is 4.79 Å². The van der Waals surface area contributed by atoms with Gasteiger partial charge in [0.1, 0.15) is 11.6 Å². The minimum absolute atomic E-state index is 0.0353. The molecule has 0 bridgehead atoms. The van der Waals surface area contributed by atoms with Crippen LogP contribution in [0.4, 0.5) is 5.69 Å². The quantitative estimate of drug-likeness (QED) is 0.561. The number of fused-ring (bicyclic) bond motifs is 3. The Kier molecular flexibility index (Phi) is 4.13. The number of benzene rings is 2. The number of rotatable bonds is 3. The third kappa shape index (κ3) is 2.70. The molecular weight excluding hydrogens is 352 g/mol. The molecule has 0 saturated heterocycles. The number of imidazole rings is 1. The van der Waals surface area contributed by atoms with E-state index in [1.165, 1.54) is 11.3 Å². The smallest absolute Gasteiger partial charge is 0.348 e. The van der Waals surface area contributed by atoms with Gasteiger partial charge in [0.15, 0.2) is 16.8 Å². The molecule has 6 heteroatoms. The Morgan fingerprint density at radius 2 is 2.00 bits per heavy atom. The standard InChI is InChI=1S/C22H16N4O2/c1-13-17(11-23)21-25-19-8-3-4-9-20(19)26(21)22(28)18(13)12-24-16-7-5-6-15(10-16)14(2)27/h3-10,12,24H,1-2H3/p+1. The lowest BCUT2D eigenvalue weighted by atomic mass is 10.1. The number of nitrogens with one attached hydrogen (secondary N) is 2. The Morgan fingerprint density at radius 1 is 1.21 bits per heavy atom. The number of para-hydroxylation sites is 2. The van der Waals surface area contributed by atoms with E-state index in [1.54, 1.807) is 31.3 Å². The second kappa shape index (κ2) is 6.63. The second-order valence-electron chi connectivity index (χ2n) is 6.58. The van der Waals surface area contributed by atoms with Crippen molar-refractivity contribution in [3.05, 3.63) is 80.8 Å². The van der Waals surface area contributed by atoms with E-state index in [1.807, 2.05) is 30.3 Å². The number of Topliss-reactive ketones (excluding diaryl/α,β-unsaturated/α-hetero) is 1. The molecule has 0 aliphatic carbocycles. The third-order valence-electron chi connectivity index (χ3n) is 4.84. The zero-order valence-corrected chi connectivity index (χ0v) is 15.4. The summed E-state index contributed by atoms with van der Waals surface area (Å²) in [5.41, 5.74) is 4.05. The fourth-order valence-corrected chi connectivity index (χ4v) is 3.35. The molecule has 136 valence electrons. The van der Waals surface area contributed by atoms with Crippen molar-refractivity contribution in [2.75, 3.05) is 5.32 Å². The van der Waals surface area contributed by atoms with Crippen LogP contribution in [-0.2, 0) is 0 Å². The lowest BCUT2D eigenvalue weighted by Crippen LogP contribution is -2.35. The maximum absolute atomic E-state index is 13.2. The first kappa shape index (κ1) is 17.4. The SMILES string of the molecule is CC(=O)c1cccc(NC=c2c(C)c(C#N)c3[nH+]c4ccccc4n3c2=O)c1. The average molecular weight is 369 g/mol. The highest BCUT2D eigenvalue weighted by molar-refractivity contribution is 5.95. The first-order valence-corrected chi connectivity index (χ1v) is 8.78. The van der Waals surface area contributed by atoms with E-state index in [4.69, 9.17) is 0 Å². The number of aromatic amines is 1. The van der Waals surface area contributed by atoms with Gasteiger partial charge in [0.2, 0.25) is 0 Å². The van der Waals surface area contributed by atoms with Gasteiger partial charge >= 0.3 is 11.2 Å². The summed E-state index contributed by atoms with van der Waals surface area (Å²) in [6.45, 7) is 3.26. The summed E-state index contributed by atoms with van der Waals surface area (Å²) in [6.07, 6.45) is 1.59. The molecular formula is C22H17N4O2+. The van der Waals surface area contributed by atoms with Crippen molar-refractivity contribution >= 4 is 34.4 Å². The Balaban J connectivity index is 1.97. The molecule has 0 radical (unpaired) electrons. The van der Waals surface area contributed by atoms with Crippen LogP contribution in [0.1, 0.15) is 28.4 Å². The normalized spacial score (nSPS) is 11.7. The van der Waals surface area contributed by atoms with Gasteiger partial charge in [0.05, 0.1) is 5.22 Å². The molecule has 2 heterocycles. The van der Waals surface area contributed by atoms with E-state index in [9.17, 15) is 14.9 Å². The van der Waals surface area contributed by atoms with Crippen molar-refractivity contribution in [1.29, 1.82) is 5.26 Å². The molecule has 0 unspecified atom stereocenters. The molecule has 4 rings (SSSR count). The molecule has 2 N–H and O–H groups in total. The lowest BCUT2D eigenvalue weighted by Gasteiger charge is -2.03. The van der Waals surface area contributed by atoms with Crippen LogP contribution in [0.25, 0.3) is 22.9 Å². The van der Waals surface area contributed by atoms with Crippen LogP contribution in [-0.4, -0.2) is 10.2 Å². The Labute approximate surface area is 160 Å². The highest BCUT2D eigenvalue weighted by atomic mass is 16.1. The van der Waals surface area contributed by atoms with Crippen molar-refractivity contribution in [3.63, 3.8) is 0 Å². The van der Waals surface area contributed by atoms with Crippen LogP contribution in [0.5, 0.6) is 0 Å². The first-order valence-electron chi connectivity index (χ1n) is 8.78. The molecule has 4 aromatic rings. The zero-order chi connectivity index (χ0) is 19.8. The largest absolute Gasteiger partial charge is 0.361 e. The lowest BCUT2D eigenvalue weighted by molar-refractivity contribution is -0.311. The summed E-state index contributed by atoms with van der Waals surface area (Å²) in [5, 5.41) is 13.2. The number of hydrogen-bond acceptors (Lipinski definition) is 4. The second-order valence-corrected chi connectivity index (χ2v) is 6.58. The summed E-state index contributed by atoms with van der Waals surface area (Å²) < 4.78 is 1.53. The maximum Gasteiger partial charge on any atom is 0.348 e. The monoisotopic (exact) mass is 369 g/mol. The van der Waals surface area contributed by atoms with E-state index < -0.39 is 0 Å². The number of hydrogen-bond donors (Lipinski definition) is 1. The molecule has 0 atom stereocenters. The number of aromatic nitrogens is 2. The third-order valence-corrected chi connectivity index (χ3v) is 4.84. The van der Waals surface area contributed by atoms with Crippen LogP contribution in [0.15, 0.2) is 53.3 Å². The summed E-state index contributed by atoms with van der Waals surface area (Å²) in [7, 11) is 0. The van der Waals surface area contributed by atoms with E-state index in [2.05, 4.69) is 16.4 Å². The van der Waals surface area contributed by atoms with E-state index in [0.717, 1.165) is 5.52 Å². The van der Waals surface area contributed by atoms with Crippen LogP contribution in [0.2, 0.25) is 0 Å². The van der Waals surface area contributed by atoms with E-state index in [-0.39, 0.29) is 11.3 Å². The van der Waals surface area contributed by atoms with Gasteiger partial charge in [0, 0.05) is 17.5 Å². The number of anilines is 1. The van der Waals surface area contributed by atoms with Crippen molar-refractivity contribution in [2.24, 2.45) is 0 Å². The molecule has 0 fully saturated rings. The topological polar surface area (TPSA) is 88.5 Å². The summed E-state index contributed by atoms with van der Waals surface area (Å²) >= 11 is 0. The van der Waals surface area contributed by atoms with Crippen molar-refractivity contribution in [1.82, 2.24) is 4.40 Å². The van der Waals surface area contributed by atoms with Gasteiger partial charge in [-0.1, -0.05) is 24.3 Å². The fraction of sp³-hybridized carbons (Fsp3) is 0.0909. The van der Waals surface area contributed by atoms with Gasteiger partial charge in [0.25, 0.3) is 0 Å². The number of carbonyl (C=O) groups excluding carboxylic acids is 1. The molecule has 0 aliphatic heterocycles. The maximum atomic E-state index is 13.2. The molecule has 0 saturated carbocycles. The molecule has 6 nitrogen and oxygen atoms in total. The van der Waals surface area contributed by atoms with Crippen LogP contribution < -0.4 is 21.1 Å². The van der Waals surface area contributed by atoms with Crippen molar-refractivity contribution in [3.8, 4) is 6.07 Å². The predicted molar refractivity (Wildman–Crippen MR) is 107 cm³/mol. The summed E-state index contributed by atoms with van der Waals surface area (Å²) in [4.78, 5) is 27.9. The van der Waals surface area contributed by atoms with Gasteiger partial charge in [-0.2, -0.15) is 9.66 Å². The number of carbonyl (C=O) groups is 1. The molecule has 0 aliphatic rings. The van der Waals surface area contributed by atoms with Crippen LogP contribution in [0.3, 0.4) is 0 Å². The van der Waals surface area contributed by atoms with Gasteiger partial charge in [-0.15, -0.1) is 0 Å². The minimum Gasteiger partial charge on any atom is -0.361 e. The summed E-state index contributed by atoms with van der Waals surface area (Å²) in [5.74, 6) is -0.0353. The molecule has 28 heavy (non-hydrogen) atoms. The average Bonchev–Trinajstić information content (AvgIpc) is 3.08. The predicted octanol–water partition coefficient (Wildman–Crippen LogP) is 2.22. The van der Waals surface area contributed by atoms with E-state index in [0.29, 0.717) is 38.8 Å². The highest BCUT2D eigenvalue weighted by Gasteiger charge is 2.22. The Hall–Kier alpha value is -3.98. The Morgan fingerprint density at radius 3 is 2.75 bits per heavy atom. The molecule has 0 spiro atoms. The molecule has 0 amide bonds. The Bertz CT molecular complexity index is 1410. The molecule has 2 aromatic heterocycles. The van der Waals surface area contributed by atoms with Crippen LogP contribution >= 0.6 is 0 Å². The van der Waals surface area contributed by atoms with Crippen molar-refractivity contribution < 1.29 is 9.78 Å². The zero-order valence-electron chi connectivity index (χ0n) is 15.4. The highest BCUT2D eigenvalue weighted by Crippen LogP contribution is 2.14. The first-order chi connectivity index (χ1) is 13.5. The number of H-pyrrole nitrogens is 1. The van der Waals surface area contributed by atoms with Crippen LogP contribution in [0, 0.1) is 18.3 Å². The summed E-state index contributed by atoms with van der Waals surface area (Å²) in [6, 6.07) is 16.7. The molecule has 2 aromatic carbocycles. The van der Waals surface area contributed by atoms with Crippen molar-refractivity contribution in [2.45, 2.75) is 13.8 Å². The van der Waals surface area contributed by atoms with E-state index >= 15 is 0 Å². The van der Waals surface area contributed by atoms with Gasteiger partial charge < -0.3 is 5.32 Å². The number of ketones is 1. The van der Waals surface area contributed by atoms with Gasteiger partial charge in [-0.25, -0.2) is 9.78 Å². The van der Waals surface area contributed by atoms with Gasteiger partial charge in [-0.05, 0) is 43.7 Å². The minimum atomic E-state index is -0.223. The number of nitriles is 1. The fourth-order valence-electron chi connectivity index (χ4n) is 3.35. The number of nitrogens with zero attached hydrogens (tertiary/aromatic N) is 2.